The van der Waals surface area contributed by atoms with E-state index in [1.807, 2.05) is 11.6 Å². The third-order valence-corrected chi connectivity index (χ3v) is 3.70. The molecule has 0 saturated heterocycles. The van der Waals surface area contributed by atoms with Crippen LogP contribution in [0, 0.1) is 0 Å². The molecular weight excluding hydrogens is 280 g/mol. The van der Waals surface area contributed by atoms with Gasteiger partial charge in [0.25, 0.3) is 0 Å². The van der Waals surface area contributed by atoms with Gasteiger partial charge in [-0.25, -0.2) is 4.79 Å². The number of hydrogen-bond acceptors (Lipinski definition) is 7. The zero-order valence-electron chi connectivity index (χ0n) is 11.3. The first-order chi connectivity index (χ1) is 9.67. The predicted octanol–water partition coefficient (Wildman–Crippen LogP) is 1.34. The molecule has 20 heavy (non-hydrogen) atoms. The highest BCUT2D eigenvalue weighted by Gasteiger charge is 2.17. The number of aromatic nitrogens is 3. The van der Waals surface area contributed by atoms with Gasteiger partial charge in [0.05, 0.1) is 25.2 Å². The Morgan fingerprint density at radius 2 is 2.35 bits per heavy atom. The van der Waals surface area contributed by atoms with E-state index in [2.05, 4.69) is 10.2 Å². The smallest absolute Gasteiger partial charge is 0.341 e. The Labute approximate surface area is 120 Å². The Bertz CT molecular complexity index is 593. The highest BCUT2D eigenvalue weighted by Crippen LogP contribution is 2.24. The van der Waals surface area contributed by atoms with Crippen molar-refractivity contribution in [2.75, 3.05) is 6.61 Å². The molecule has 0 bridgehead atoms. The first-order valence-electron chi connectivity index (χ1n) is 6.12. The molecule has 0 fully saturated rings. The summed E-state index contributed by atoms with van der Waals surface area (Å²) in [6, 6.07) is 1.61. The lowest BCUT2D eigenvalue weighted by atomic mass is 10.3. The van der Waals surface area contributed by atoms with Crippen LogP contribution in [0.2, 0.25) is 0 Å². The monoisotopic (exact) mass is 296 g/mol. The summed E-state index contributed by atoms with van der Waals surface area (Å²) in [6.45, 7) is 2.43. The molecule has 2 heterocycles. The van der Waals surface area contributed by atoms with Crippen LogP contribution >= 0.6 is 11.8 Å². The normalized spacial score (nSPS) is 10.8. The summed E-state index contributed by atoms with van der Waals surface area (Å²) < 4.78 is 12.1. The SMILES string of the molecule is CCOC(=O)c1ccoc1CSc1nnc(CN)n1C. The van der Waals surface area contributed by atoms with Crippen molar-refractivity contribution in [2.24, 2.45) is 12.8 Å². The Morgan fingerprint density at radius 1 is 1.55 bits per heavy atom. The second-order valence-corrected chi connectivity index (χ2v) is 4.87. The molecule has 0 amide bonds. The van der Waals surface area contributed by atoms with Gasteiger partial charge in [-0.15, -0.1) is 10.2 Å². The van der Waals surface area contributed by atoms with Crippen molar-refractivity contribution in [1.82, 2.24) is 14.8 Å². The van der Waals surface area contributed by atoms with Crippen molar-refractivity contribution in [3.05, 3.63) is 29.5 Å². The molecule has 0 aliphatic carbocycles. The molecule has 108 valence electrons. The van der Waals surface area contributed by atoms with E-state index < -0.39 is 0 Å². The number of rotatable bonds is 6. The fourth-order valence-electron chi connectivity index (χ4n) is 1.62. The molecule has 0 unspecified atom stereocenters. The van der Waals surface area contributed by atoms with Crippen LogP contribution in [0.4, 0.5) is 0 Å². The lowest BCUT2D eigenvalue weighted by Crippen LogP contribution is -2.06. The number of ether oxygens (including phenoxy) is 1. The third-order valence-electron chi connectivity index (χ3n) is 2.68. The number of furan rings is 1. The van der Waals surface area contributed by atoms with E-state index in [0.29, 0.717) is 36.1 Å². The number of hydrogen-bond donors (Lipinski definition) is 1. The molecular formula is C12H16N4O3S. The summed E-state index contributed by atoms with van der Waals surface area (Å²) >= 11 is 1.42. The van der Waals surface area contributed by atoms with Crippen molar-refractivity contribution >= 4 is 17.7 Å². The van der Waals surface area contributed by atoms with Crippen LogP contribution in [0.1, 0.15) is 28.9 Å². The number of nitrogens with two attached hydrogens (primary N) is 1. The topological polar surface area (TPSA) is 96.2 Å². The molecule has 0 radical (unpaired) electrons. The molecule has 2 rings (SSSR count). The van der Waals surface area contributed by atoms with Crippen molar-refractivity contribution in [2.45, 2.75) is 24.4 Å². The number of carbonyl (C=O) groups excluding carboxylic acids is 1. The van der Waals surface area contributed by atoms with Crippen molar-refractivity contribution in [1.29, 1.82) is 0 Å². The predicted molar refractivity (Wildman–Crippen MR) is 73.1 cm³/mol. The molecule has 0 spiro atoms. The van der Waals surface area contributed by atoms with E-state index in [-0.39, 0.29) is 5.97 Å². The Balaban J connectivity index is 2.06. The minimum absolute atomic E-state index is 0.332. The largest absolute Gasteiger partial charge is 0.468 e. The fourth-order valence-corrected chi connectivity index (χ4v) is 2.50. The number of carbonyl (C=O) groups is 1. The second kappa shape index (κ2) is 6.58. The van der Waals surface area contributed by atoms with Gasteiger partial charge in [-0.2, -0.15) is 0 Å². The summed E-state index contributed by atoms with van der Waals surface area (Å²) in [7, 11) is 1.85. The lowest BCUT2D eigenvalue weighted by Gasteiger charge is -2.03. The van der Waals surface area contributed by atoms with Crippen molar-refractivity contribution in [3.8, 4) is 0 Å². The maximum atomic E-state index is 11.7. The maximum absolute atomic E-state index is 11.7. The maximum Gasteiger partial charge on any atom is 0.341 e. The first-order valence-corrected chi connectivity index (χ1v) is 7.10. The van der Waals surface area contributed by atoms with Gasteiger partial charge >= 0.3 is 5.97 Å². The molecule has 2 N–H and O–H groups in total. The van der Waals surface area contributed by atoms with Crippen LogP contribution in [0.15, 0.2) is 21.9 Å². The van der Waals surface area contributed by atoms with Gasteiger partial charge in [0.15, 0.2) is 5.16 Å². The van der Waals surface area contributed by atoms with Crippen LogP contribution in [-0.2, 0) is 24.1 Å². The van der Waals surface area contributed by atoms with Gasteiger partial charge in [-0.3, -0.25) is 0 Å². The van der Waals surface area contributed by atoms with Crippen LogP contribution in [0.5, 0.6) is 0 Å². The van der Waals surface area contributed by atoms with E-state index in [1.54, 1.807) is 13.0 Å². The van der Waals surface area contributed by atoms with E-state index in [0.717, 1.165) is 5.16 Å². The van der Waals surface area contributed by atoms with Gasteiger partial charge in [-0.05, 0) is 13.0 Å². The van der Waals surface area contributed by atoms with Gasteiger partial charge in [-0.1, -0.05) is 11.8 Å². The van der Waals surface area contributed by atoms with Gasteiger partial charge in [0.1, 0.15) is 17.1 Å². The zero-order valence-corrected chi connectivity index (χ0v) is 12.1. The molecule has 8 heteroatoms. The molecule has 7 nitrogen and oxygen atoms in total. The third kappa shape index (κ3) is 3.02. The van der Waals surface area contributed by atoms with Gasteiger partial charge in [0.2, 0.25) is 0 Å². The highest BCUT2D eigenvalue weighted by atomic mass is 32.2. The molecule has 0 aromatic carbocycles. The first kappa shape index (κ1) is 14.6. The lowest BCUT2D eigenvalue weighted by molar-refractivity contribution is 0.0524. The average molecular weight is 296 g/mol. The standard InChI is InChI=1S/C12H16N4O3S/c1-3-18-11(17)8-4-5-19-9(8)7-20-12-15-14-10(6-13)16(12)2/h4-5H,3,6-7,13H2,1-2H3. The number of thioether (sulfide) groups is 1. The summed E-state index contributed by atoms with van der Waals surface area (Å²) in [4.78, 5) is 11.7. The van der Waals surface area contributed by atoms with Gasteiger partial charge < -0.3 is 19.5 Å². The summed E-state index contributed by atoms with van der Waals surface area (Å²) in [5.41, 5.74) is 5.98. The van der Waals surface area contributed by atoms with E-state index in [9.17, 15) is 4.79 Å². The molecule has 0 aliphatic heterocycles. The number of nitrogens with zero attached hydrogens (tertiary/aromatic N) is 3. The van der Waals surface area contributed by atoms with Crippen LogP contribution in [-0.4, -0.2) is 27.3 Å². The van der Waals surface area contributed by atoms with E-state index in [4.69, 9.17) is 14.9 Å². The summed E-state index contributed by atoms with van der Waals surface area (Å²) in [5.74, 6) is 1.36. The van der Waals surface area contributed by atoms with Gasteiger partial charge in [0, 0.05) is 7.05 Å². The minimum Gasteiger partial charge on any atom is -0.468 e. The summed E-state index contributed by atoms with van der Waals surface area (Å²) in [5, 5.41) is 8.72. The van der Waals surface area contributed by atoms with Crippen LogP contribution in [0.3, 0.4) is 0 Å². The zero-order chi connectivity index (χ0) is 14.5. The average Bonchev–Trinajstić information content (AvgIpc) is 3.03. The Kier molecular flexibility index (Phi) is 4.80. The molecule has 0 aliphatic rings. The van der Waals surface area contributed by atoms with Crippen molar-refractivity contribution in [3.63, 3.8) is 0 Å². The molecule has 2 aromatic rings. The van der Waals surface area contributed by atoms with Crippen molar-refractivity contribution < 1.29 is 13.9 Å². The molecule has 2 aromatic heterocycles. The number of esters is 1. The van der Waals surface area contributed by atoms with E-state index >= 15 is 0 Å². The van der Waals surface area contributed by atoms with Crippen LogP contribution in [0.25, 0.3) is 0 Å². The van der Waals surface area contributed by atoms with E-state index in [1.165, 1.54) is 18.0 Å². The summed E-state index contributed by atoms with van der Waals surface area (Å²) in [6.07, 6.45) is 1.48. The second-order valence-electron chi connectivity index (χ2n) is 3.93. The minimum atomic E-state index is -0.377. The fraction of sp³-hybridized carbons (Fsp3) is 0.417. The molecule has 0 atom stereocenters. The Hall–Kier alpha value is -1.80. The van der Waals surface area contributed by atoms with Crippen LogP contribution < -0.4 is 5.73 Å². The highest BCUT2D eigenvalue weighted by molar-refractivity contribution is 7.98. The Morgan fingerprint density at radius 3 is 3.00 bits per heavy atom. The molecule has 0 saturated carbocycles. The quantitative estimate of drug-likeness (QED) is 0.634.